The molecule has 1 unspecified atom stereocenters. The SMILES string of the molecule is COc1cc(CCNC(C(=O)N2CCOCC2)c2ccccc2)ccc1OCc1cccc(F)c1. The molecule has 1 heterocycles. The van der Waals surface area contributed by atoms with Crippen LogP contribution in [0.1, 0.15) is 22.7 Å². The Bertz CT molecular complexity index is 1100. The highest BCUT2D eigenvalue weighted by molar-refractivity contribution is 5.83. The molecule has 6 nitrogen and oxygen atoms in total. The fourth-order valence-electron chi connectivity index (χ4n) is 4.09. The molecule has 1 atom stereocenters. The van der Waals surface area contributed by atoms with Crippen molar-refractivity contribution < 1.29 is 23.4 Å². The Morgan fingerprint density at radius 1 is 1.00 bits per heavy atom. The number of benzene rings is 3. The average Bonchev–Trinajstić information content (AvgIpc) is 2.91. The highest BCUT2D eigenvalue weighted by Crippen LogP contribution is 2.29. The third-order valence-electron chi connectivity index (χ3n) is 5.98. The summed E-state index contributed by atoms with van der Waals surface area (Å²) in [4.78, 5) is 15.1. The zero-order valence-electron chi connectivity index (χ0n) is 19.9. The third kappa shape index (κ3) is 6.81. The molecule has 0 aromatic heterocycles. The maximum absolute atomic E-state index is 13.4. The molecular weight excluding hydrogens is 447 g/mol. The van der Waals surface area contributed by atoms with Gasteiger partial charge in [-0.3, -0.25) is 4.79 Å². The normalized spacial score (nSPS) is 14.4. The van der Waals surface area contributed by atoms with E-state index in [2.05, 4.69) is 5.32 Å². The standard InChI is InChI=1S/C28H31FN2O4/c1-33-26-19-21(10-11-25(26)35-20-22-6-5-9-24(29)18-22)12-13-30-27(23-7-3-2-4-8-23)28(32)31-14-16-34-17-15-31/h2-11,18-19,27,30H,12-17,20H2,1H3. The van der Waals surface area contributed by atoms with Gasteiger partial charge in [0.25, 0.3) is 0 Å². The number of methoxy groups -OCH3 is 1. The molecule has 35 heavy (non-hydrogen) atoms. The number of hydrogen-bond donors (Lipinski definition) is 1. The highest BCUT2D eigenvalue weighted by atomic mass is 19.1. The van der Waals surface area contributed by atoms with Crippen molar-refractivity contribution in [3.63, 3.8) is 0 Å². The fraction of sp³-hybridized carbons (Fsp3) is 0.321. The number of hydrogen-bond acceptors (Lipinski definition) is 5. The molecule has 7 heteroatoms. The second-order valence-corrected chi connectivity index (χ2v) is 8.39. The van der Waals surface area contributed by atoms with Crippen LogP contribution >= 0.6 is 0 Å². The monoisotopic (exact) mass is 478 g/mol. The van der Waals surface area contributed by atoms with Crippen molar-refractivity contribution in [2.75, 3.05) is 40.0 Å². The Morgan fingerprint density at radius 2 is 1.80 bits per heavy atom. The summed E-state index contributed by atoms with van der Waals surface area (Å²) in [5, 5.41) is 3.45. The number of rotatable bonds is 10. The summed E-state index contributed by atoms with van der Waals surface area (Å²) in [6.45, 7) is 3.22. The molecule has 0 spiro atoms. The van der Waals surface area contributed by atoms with Crippen LogP contribution in [0.2, 0.25) is 0 Å². The minimum atomic E-state index is -0.412. The van der Waals surface area contributed by atoms with Crippen molar-refractivity contribution in [1.29, 1.82) is 0 Å². The Labute approximate surface area is 205 Å². The Morgan fingerprint density at radius 3 is 2.54 bits per heavy atom. The van der Waals surface area contributed by atoms with E-state index >= 15 is 0 Å². The fourth-order valence-corrected chi connectivity index (χ4v) is 4.09. The molecule has 3 aromatic rings. The molecule has 0 saturated carbocycles. The minimum Gasteiger partial charge on any atom is -0.493 e. The number of nitrogens with one attached hydrogen (secondary N) is 1. The van der Waals surface area contributed by atoms with Crippen LogP contribution in [0.3, 0.4) is 0 Å². The first-order valence-electron chi connectivity index (χ1n) is 11.8. The second-order valence-electron chi connectivity index (χ2n) is 8.39. The maximum Gasteiger partial charge on any atom is 0.244 e. The van der Waals surface area contributed by atoms with Crippen LogP contribution in [0.25, 0.3) is 0 Å². The molecule has 1 fully saturated rings. The van der Waals surface area contributed by atoms with Gasteiger partial charge in [0, 0.05) is 19.6 Å². The number of ether oxygens (including phenoxy) is 3. The van der Waals surface area contributed by atoms with Gasteiger partial charge < -0.3 is 24.4 Å². The number of halogens is 1. The van der Waals surface area contributed by atoms with E-state index in [1.807, 2.05) is 59.5 Å². The number of nitrogens with zero attached hydrogens (tertiary/aromatic N) is 1. The second kappa shape index (κ2) is 12.3. The van der Waals surface area contributed by atoms with Crippen LogP contribution in [-0.4, -0.2) is 50.8 Å². The first kappa shape index (κ1) is 24.7. The Kier molecular flexibility index (Phi) is 8.70. The van der Waals surface area contributed by atoms with Crippen molar-refractivity contribution in [2.24, 2.45) is 0 Å². The third-order valence-corrected chi connectivity index (χ3v) is 5.98. The summed E-state index contributed by atoms with van der Waals surface area (Å²) in [6.07, 6.45) is 0.709. The van der Waals surface area contributed by atoms with E-state index < -0.39 is 6.04 Å². The molecular formula is C28H31FN2O4. The van der Waals surface area contributed by atoms with Gasteiger partial charge in [-0.05, 0) is 47.4 Å². The summed E-state index contributed by atoms with van der Waals surface area (Å²) < 4.78 is 30.2. The average molecular weight is 479 g/mol. The molecule has 3 aromatic carbocycles. The van der Waals surface area contributed by atoms with E-state index in [9.17, 15) is 9.18 Å². The predicted octanol–water partition coefficient (Wildman–Crippen LogP) is 4.15. The molecule has 184 valence electrons. The van der Waals surface area contributed by atoms with E-state index in [0.717, 1.165) is 16.7 Å². The van der Waals surface area contributed by atoms with Crippen molar-refractivity contribution in [1.82, 2.24) is 10.2 Å². The summed E-state index contributed by atoms with van der Waals surface area (Å²) in [5.41, 5.74) is 2.75. The van der Waals surface area contributed by atoms with Crippen LogP contribution in [0.4, 0.5) is 4.39 Å². The molecule has 1 N–H and O–H groups in total. The Balaban J connectivity index is 1.38. The van der Waals surface area contributed by atoms with E-state index in [0.29, 0.717) is 50.8 Å². The van der Waals surface area contributed by atoms with Gasteiger partial charge in [-0.25, -0.2) is 4.39 Å². The highest BCUT2D eigenvalue weighted by Gasteiger charge is 2.26. The van der Waals surface area contributed by atoms with Gasteiger partial charge >= 0.3 is 0 Å². The van der Waals surface area contributed by atoms with Gasteiger partial charge in [0.1, 0.15) is 18.5 Å². The predicted molar refractivity (Wildman–Crippen MR) is 132 cm³/mol. The summed E-state index contributed by atoms with van der Waals surface area (Å²) in [7, 11) is 1.60. The number of carbonyl (C=O) groups is 1. The lowest BCUT2D eigenvalue weighted by molar-refractivity contribution is -0.137. The molecule has 0 aliphatic carbocycles. The van der Waals surface area contributed by atoms with Crippen LogP contribution in [0, 0.1) is 5.82 Å². The first-order chi connectivity index (χ1) is 17.1. The van der Waals surface area contributed by atoms with Crippen LogP contribution in [0.5, 0.6) is 11.5 Å². The summed E-state index contributed by atoms with van der Waals surface area (Å²) in [6, 6.07) is 21.5. The van der Waals surface area contributed by atoms with Gasteiger partial charge in [-0.1, -0.05) is 48.5 Å². The molecule has 1 aliphatic heterocycles. The molecule has 1 aliphatic rings. The lowest BCUT2D eigenvalue weighted by Gasteiger charge is -2.31. The van der Waals surface area contributed by atoms with E-state index in [-0.39, 0.29) is 18.3 Å². The van der Waals surface area contributed by atoms with Crippen LogP contribution < -0.4 is 14.8 Å². The lowest BCUT2D eigenvalue weighted by atomic mass is 10.0. The number of carbonyl (C=O) groups excluding carboxylic acids is 1. The van der Waals surface area contributed by atoms with Crippen molar-refractivity contribution in [3.8, 4) is 11.5 Å². The molecule has 0 bridgehead atoms. The zero-order valence-corrected chi connectivity index (χ0v) is 19.9. The molecule has 4 rings (SSSR count). The summed E-state index contributed by atoms with van der Waals surface area (Å²) >= 11 is 0. The van der Waals surface area contributed by atoms with Gasteiger partial charge in [0.15, 0.2) is 11.5 Å². The van der Waals surface area contributed by atoms with Crippen molar-refractivity contribution >= 4 is 5.91 Å². The summed E-state index contributed by atoms with van der Waals surface area (Å²) in [5.74, 6) is 0.987. The van der Waals surface area contributed by atoms with E-state index in [1.165, 1.54) is 12.1 Å². The number of amides is 1. The maximum atomic E-state index is 13.4. The quantitative estimate of drug-likeness (QED) is 0.475. The number of morpholine rings is 1. The first-order valence-corrected chi connectivity index (χ1v) is 11.8. The van der Waals surface area contributed by atoms with E-state index in [1.54, 1.807) is 13.2 Å². The van der Waals surface area contributed by atoms with Crippen molar-refractivity contribution in [2.45, 2.75) is 19.1 Å². The van der Waals surface area contributed by atoms with Gasteiger partial charge in [0.05, 0.1) is 20.3 Å². The van der Waals surface area contributed by atoms with Gasteiger partial charge in [0.2, 0.25) is 5.91 Å². The molecule has 1 saturated heterocycles. The lowest BCUT2D eigenvalue weighted by Crippen LogP contribution is -2.46. The van der Waals surface area contributed by atoms with Crippen LogP contribution in [0.15, 0.2) is 72.8 Å². The van der Waals surface area contributed by atoms with Gasteiger partial charge in [-0.2, -0.15) is 0 Å². The smallest absolute Gasteiger partial charge is 0.244 e. The van der Waals surface area contributed by atoms with E-state index in [4.69, 9.17) is 14.2 Å². The molecule has 0 radical (unpaired) electrons. The zero-order chi connectivity index (χ0) is 24.5. The van der Waals surface area contributed by atoms with Crippen molar-refractivity contribution in [3.05, 3.63) is 95.3 Å². The molecule has 1 amide bonds. The van der Waals surface area contributed by atoms with Crippen LogP contribution in [-0.2, 0) is 22.6 Å². The van der Waals surface area contributed by atoms with Gasteiger partial charge in [-0.15, -0.1) is 0 Å². The largest absolute Gasteiger partial charge is 0.493 e. The topological polar surface area (TPSA) is 60.0 Å². The minimum absolute atomic E-state index is 0.0678. The Hall–Kier alpha value is -3.42.